The maximum atomic E-state index is 6.01. The van der Waals surface area contributed by atoms with E-state index < -0.39 is 0 Å². The number of rotatable bonds is 1. The maximum Gasteiger partial charge on any atom is 0.202 e. The van der Waals surface area contributed by atoms with Gasteiger partial charge in [-0.1, -0.05) is 0 Å². The van der Waals surface area contributed by atoms with Crippen LogP contribution in [0.3, 0.4) is 0 Å². The Labute approximate surface area is 133 Å². The molecule has 0 aliphatic carbocycles. The number of aryl methyl sites for hydroxylation is 1. The van der Waals surface area contributed by atoms with Crippen molar-refractivity contribution in [3.05, 3.63) is 34.7 Å². The minimum absolute atomic E-state index is 0.357. The second kappa shape index (κ2) is 4.54. The third-order valence-electron chi connectivity index (χ3n) is 5.34. The highest BCUT2D eigenvalue weighted by molar-refractivity contribution is 7.17. The highest BCUT2D eigenvalue weighted by atomic mass is 32.1. The number of hydrogen-bond acceptors (Lipinski definition) is 5. The van der Waals surface area contributed by atoms with Gasteiger partial charge in [0.05, 0.1) is 6.54 Å². The quantitative estimate of drug-likeness (QED) is 0.879. The molecule has 1 aromatic carbocycles. The maximum absolute atomic E-state index is 6.01. The molecule has 4 aliphatic rings. The smallest absolute Gasteiger partial charge is 0.202 e. The molecule has 22 heavy (non-hydrogen) atoms. The number of benzene rings is 1. The van der Waals surface area contributed by atoms with Crippen LogP contribution in [0.25, 0.3) is 10.1 Å². The average Bonchev–Trinajstić information content (AvgIpc) is 3.13. The van der Waals surface area contributed by atoms with Crippen LogP contribution >= 0.6 is 11.3 Å². The van der Waals surface area contributed by atoms with Crippen molar-refractivity contribution in [1.82, 2.24) is 10.4 Å². The van der Waals surface area contributed by atoms with Gasteiger partial charge in [0, 0.05) is 16.2 Å². The molecule has 1 spiro atoms. The van der Waals surface area contributed by atoms with Crippen LogP contribution in [-0.4, -0.2) is 36.1 Å². The van der Waals surface area contributed by atoms with Crippen LogP contribution in [0.4, 0.5) is 0 Å². The van der Waals surface area contributed by atoms with Crippen LogP contribution < -0.4 is 5.48 Å². The molecule has 5 heterocycles. The summed E-state index contributed by atoms with van der Waals surface area (Å²) in [5.41, 5.74) is 5.22. The largest absolute Gasteiger partial charge is 0.298 e. The summed E-state index contributed by atoms with van der Waals surface area (Å²) in [5, 5.41) is 3.53. The number of nitrogens with one attached hydrogen (secondary N) is 1. The molecule has 2 bridgehead atoms. The van der Waals surface area contributed by atoms with Crippen molar-refractivity contribution in [1.29, 1.82) is 0 Å². The Bertz CT molecular complexity index is 775. The second-order valence-corrected chi connectivity index (χ2v) is 7.60. The molecule has 4 nitrogen and oxygen atoms in total. The van der Waals surface area contributed by atoms with Gasteiger partial charge < -0.3 is 0 Å². The van der Waals surface area contributed by atoms with Crippen molar-refractivity contribution >= 4 is 27.3 Å². The van der Waals surface area contributed by atoms with Gasteiger partial charge in [0.1, 0.15) is 0 Å². The normalized spacial score (nSPS) is 33.4. The van der Waals surface area contributed by atoms with E-state index in [0.29, 0.717) is 5.92 Å². The fourth-order valence-electron chi connectivity index (χ4n) is 4.03. The van der Waals surface area contributed by atoms with Gasteiger partial charge in [-0.2, -0.15) is 0 Å². The van der Waals surface area contributed by atoms with Crippen LogP contribution in [0.5, 0.6) is 0 Å². The number of hydroxylamine groups is 1. The Hall–Kier alpha value is -1.43. The lowest BCUT2D eigenvalue weighted by Gasteiger charge is -2.47. The molecule has 1 atom stereocenters. The molecule has 6 rings (SSSR count). The number of amidine groups is 1. The van der Waals surface area contributed by atoms with E-state index >= 15 is 0 Å². The zero-order valence-corrected chi connectivity index (χ0v) is 13.4. The van der Waals surface area contributed by atoms with Gasteiger partial charge in [-0.25, -0.2) is 15.3 Å². The minimum atomic E-state index is -0.357. The number of piperidine rings is 3. The first-order chi connectivity index (χ1) is 10.7. The predicted octanol–water partition coefficient (Wildman–Crippen LogP) is 2.91. The van der Waals surface area contributed by atoms with Gasteiger partial charge in [0.15, 0.2) is 5.84 Å². The van der Waals surface area contributed by atoms with Crippen LogP contribution in [0.15, 0.2) is 28.6 Å². The summed E-state index contributed by atoms with van der Waals surface area (Å²) >= 11 is 1.80. The molecular weight excluding hydrogens is 294 g/mol. The van der Waals surface area contributed by atoms with E-state index in [0.717, 1.165) is 17.9 Å². The topological polar surface area (TPSA) is 36.9 Å². The van der Waals surface area contributed by atoms with Crippen LogP contribution in [0.2, 0.25) is 0 Å². The molecule has 0 radical (unpaired) electrons. The number of aliphatic imine (C=N–C) groups is 1. The molecule has 0 amide bonds. The first kappa shape index (κ1) is 13.0. The zero-order chi connectivity index (χ0) is 14.7. The lowest BCUT2D eigenvalue weighted by Crippen LogP contribution is -2.58. The van der Waals surface area contributed by atoms with E-state index in [2.05, 4.69) is 40.9 Å². The highest BCUT2D eigenvalue weighted by Crippen LogP contribution is 2.41. The summed E-state index contributed by atoms with van der Waals surface area (Å²) in [4.78, 5) is 13.5. The minimum Gasteiger partial charge on any atom is -0.298 e. The lowest BCUT2D eigenvalue weighted by atomic mass is 9.81. The van der Waals surface area contributed by atoms with E-state index in [9.17, 15) is 0 Å². The van der Waals surface area contributed by atoms with Gasteiger partial charge in [-0.05, 0) is 67.4 Å². The van der Waals surface area contributed by atoms with Gasteiger partial charge in [0.2, 0.25) is 5.72 Å². The lowest BCUT2D eigenvalue weighted by molar-refractivity contribution is -0.155. The van der Waals surface area contributed by atoms with Crippen LogP contribution in [0, 0.1) is 12.8 Å². The highest BCUT2D eigenvalue weighted by Gasteiger charge is 2.51. The van der Waals surface area contributed by atoms with Crippen molar-refractivity contribution in [2.45, 2.75) is 25.5 Å². The zero-order valence-electron chi connectivity index (χ0n) is 12.6. The summed E-state index contributed by atoms with van der Waals surface area (Å²) in [5.74, 6) is 1.44. The van der Waals surface area contributed by atoms with Gasteiger partial charge in [0.25, 0.3) is 0 Å². The molecule has 2 aromatic rings. The first-order valence-corrected chi connectivity index (χ1v) is 8.86. The second-order valence-electron chi connectivity index (χ2n) is 6.69. The molecular formula is C17H19N3OS. The molecule has 5 heteroatoms. The molecule has 0 saturated carbocycles. The molecule has 1 aromatic heterocycles. The van der Waals surface area contributed by atoms with Crippen molar-refractivity contribution < 1.29 is 4.84 Å². The number of fused-ring (bicyclic) bond motifs is 3. The Morgan fingerprint density at radius 3 is 3.00 bits per heavy atom. The molecule has 1 N–H and O–H groups in total. The van der Waals surface area contributed by atoms with E-state index in [-0.39, 0.29) is 5.72 Å². The predicted molar refractivity (Wildman–Crippen MR) is 89.2 cm³/mol. The van der Waals surface area contributed by atoms with E-state index in [1.807, 2.05) is 0 Å². The van der Waals surface area contributed by atoms with Gasteiger partial charge in [-0.3, -0.25) is 4.90 Å². The van der Waals surface area contributed by atoms with E-state index in [4.69, 9.17) is 9.83 Å². The van der Waals surface area contributed by atoms with Crippen molar-refractivity contribution in [2.75, 3.05) is 19.6 Å². The summed E-state index contributed by atoms with van der Waals surface area (Å²) in [7, 11) is 0. The Morgan fingerprint density at radius 1 is 1.36 bits per heavy atom. The van der Waals surface area contributed by atoms with E-state index in [1.165, 1.54) is 41.6 Å². The average molecular weight is 313 g/mol. The third-order valence-corrected chi connectivity index (χ3v) is 6.42. The molecule has 3 fully saturated rings. The number of hydrogen-bond donors (Lipinski definition) is 1. The summed E-state index contributed by atoms with van der Waals surface area (Å²) in [6, 6.07) is 6.57. The summed E-state index contributed by atoms with van der Waals surface area (Å²) in [6.07, 6.45) is 2.39. The fraction of sp³-hybridized carbons (Fsp3) is 0.471. The van der Waals surface area contributed by atoms with Crippen molar-refractivity contribution in [3.63, 3.8) is 0 Å². The van der Waals surface area contributed by atoms with Crippen LogP contribution in [0.1, 0.15) is 24.0 Å². The molecule has 114 valence electrons. The standard InChI is InChI=1S/C17H19N3OS/c1-11-9-22-15-3-2-12(8-14(11)15)16-18-17(21-19-16)10-20-6-4-13(17)5-7-20/h2-3,8-9,13H,4-7,10H2,1H3,(H,18,19). The van der Waals surface area contributed by atoms with Crippen LogP contribution in [-0.2, 0) is 4.84 Å². The Balaban J connectivity index is 1.54. The molecule has 3 saturated heterocycles. The summed E-state index contributed by atoms with van der Waals surface area (Å²) < 4.78 is 1.33. The van der Waals surface area contributed by atoms with Crippen molar-refractivity contribution in [2.24, 2.45) is 10.9 Å². The Morgan fingerprint density at radius 2 is 2.23 bits per heavy atom. The monoisotopic (exact) mass is 313 g/mol. The molecule has 4 aliphatic heterocycles. The first-order valence-electron chi connectivity index (χ1n) is 7.98. The SMILES string of the molecule is Cc1csc2ccc(C3=NC4(CN5CCC4CC5)ON3)cc12. The van der Waals surface area contributed by atoms with Gasteiger partial charge in [-0.15, -0.1) is 11.3 Å². The van der Waals surface area contributed by atoms with Gasteiger partial charge >= 0.3 is 0 Å². The van der Waals surface area contributed by atoms with E-state index in [1.54, 1.807) is 11.3 Å². The Kier molecular flexibility index (Phi) is 2.69. The fourth-order valence-corrected chi connectivity index (χ4v) is 4.96. The number of nitrogens with zero attached hydrogens (tertiary/aromatic N) is 2. The summed E-state index contributed by atoms with van der Waals surface area (Å²) in [6.45, 7) is 5.48. The third kappa shape index (κ3) is 1.79. The molecule has 1 unspecified atom stereocenters. The van der Waals surface area contributed by atoms with Crippen molar-refractivity contribution in [3.8, 4) is 0 Å². The number of thiophene rings is 1.